The lowest BCUT2D eigenvalue weighted by Gasteiger charge is -2.33. The fraction of sp³-hybridized carbons (Fsp3) is 0.474. The highest BCUT2D eigenvalue weighted by atomic mass is 16.5. The molecule has 2 aliphatic rings. The van der Waals surface area contributed by atoms with Crippen LogP contribution in [0.3, 0.4) is 0 Å². The van der Waals surface area contributed by atoms with Gasteiger partial charge >= 0.3 is 0 Å². The predicted molar refractivity (Wildman–Crippen MR) is 97.5 cm³/mol. The van der Waals surface area contributed by atoms with Crippen LogP contribution in [0.2, 0.25) is 0 Å². The first-order valence-electron chi connectivity index (χ1n) is 9.22. The van der Waals surface area contributed by atoms with Crippen molar-refractivity contribution in [1.82, 2.24) is 20.0 Å². The molecular weight excluding hydrogens is 348 g/mol. The Labute approximate surface area is 157 Å². The minimum absolute atomic E-state index is 0.0438. The number of carbonyl (C=O) groups is 1. The Hall–Kier alpha value is -2.42. The number of aromatic nitrogens is 2. The van der Waals surface area contributed by atoms with Crippen molar-refractivity contribution in [3.8, 4) is 5.75 Å². The van der Waals surface area contributed by atoms with Crippen LogP contribution < -0.4 is 4.74 Å². The summed E-state index contributed by atoms with van der Waals surface area (Å²) in [5, 5.41) is 17.4. The number of β-amino-alcohol motifs (C(OH)–C–C–N with tert-alkyl or cyclic N) is 1. The molecule has 0 aliphatic carbocycles. The van der Waals surface area contributed by atoms with Gasteiger partial charge in [0.1, 0.15) is 12.4 Å². The van der Waals surface area contributed by atoms with E-state index in [0.29, 0.717) is 38.6 Å². The molecule has 2 atom stereocenters. The Morgan fingerprint density at radius 3 is 2.81 bits per heavy atom. The van der Waals surface area contributed by atoms with E-state index >= 15 is 0 Å². The third-order valence-electron chi connectivity index (χ3n) is 5.05. The lowest BCUT2D eigenvalue weighted by atomic mass is 10.1. The minimum Gasteiger partial charge on any atom is -0.487 e. The summed E-state index contributed by atoms with van der Waals surface area (Å²) in [6, 6.07) is 11.1. The first kappa shape index (κ1) is 18.0. The second kappa shape index (κ2) is 8.08. The summed E-state index contributed by atoms with van der Waals surface area (Å²) in [5.41, 5.74) is 1.07. The summed E-state index contributed by atoms with van der Waals surface area (Å²) < 4.78 is 11.0. The molecule has 1 aromatic heterocycles. The largest absolute Gasteiger partial charge is 0.487 e. The molecule has 0 unspecified atom stereocenters. The van der Waals surface area contributed by atoms with Gasteiger partial charge in [0.15, 0.2) is 5.69 Å². The number of hydrogen-bond acceptors (Lipinski definition) is 6. The highest BCUT2D eigenvalue weighted by Gasteiger charge is 2.38. The van der Waals surface area contributed by atoms with Crippen molar-refractivity contribution in [3.05, 3.63) is 47.8 Å². The molecule has 0 saturated carbocycles. The van der Waals surface area contributed by atoms with Crippen LogP contribution >= 0.6 is 0 Å². The number of para-hydroxylation sites is 1. The second-order valence-electron chi connectivity index (χ2n) is 6.87. The van der Waals surface area contributed by atoms with Gasteiger partial charge in [0.05, 0.1) is 31.1 Å². The number of aliphatic hydroxyl groups is 1. The Bertz CT molecular complexity index is 760. The summed E-state index contributed by atoms with van der Waals surface area (Å²) >= 11 is 0. The summed E-state index contributed by atoms with van der Waals surface area (Å²) in [7, 11) is 0. The van der Waals surface area contributed by atoms with Crippen molar-refractivity contribution in [1.29, 1.82) is 0 Å². The number of H-pyrrole nitrogens is 1. The maximum Gasteiger partial charge on any atom is 0.274 e. The van der Waals surface area contributed by atoms with E-state index < -0.39 is 6.10 Å². The number of aromatic amines is 1. The van der Waals surface area contributed by atoms with Crippen LogP contribution in [-0.4, -0.2) is 82.5 Å². The van der Waals surface area contributed by atoms with E-state index in [0.717, 1.165) is 24.5 Å². The van der Waals surface area contributed by atoms with Crippen LogP contribution in [0, 0.1) is 0 Å². The Balaban J connectivity index is 1.35. The number of ether oxygens (including phenoxy) is 2. The number of morpholine rings is 1. The molecule has 144 valence electrons. The fourth-order valence-corrected chi connectivity index (χ4v) is 3.59. The number of aliphatic hydroxyl groups excluding tert-OH is 1. The van der Waals surface area contributed by atoms with E-state index in [1.54, 1.807) is 11.0 Å². The molecule has 1 aromatic carbocycles. The molecule has 2 saturated heterocycles. The number of nitrogens with zero attached hydrogens (tertiary/aromatic N) is 3. The van der Waals surface area contributed by atoms with Gasteiger partial charge in [0.2, 0.25) is 0 Å². The first-order chi connectivity index (χ1) is 13.2. The number of likely N-dealkylation sites (tertiary alicyclic amines) is 1. The van der Waals surface area contributed by atoms with E-state index in [1.807, 2.05) is 30.3 Å². The SMILES string of the molecule is O=C(c1cc(COc2ccccc2)[nH]n1)N1C[C@H](O)[C@@H](N2CCOCC2)C1. The highest BCUT2D eigenvalue weighted by molar-refractivity contribution is 5.92. The average molecular weight is 372 g/mol. The molecule has 3 heterocycles. The van der Waals surface area contributed by atoms with Gasteiger partial charge in [0.25, 0.3) is 5.91 Å². The molecule has 2 aliphatic heterocycles. The van der Waals surface area contributed by atoms with Gasteiger partial charge in [0, 0.05) is 26.2 Å². The van der Waals surface area contributed by atoms with Crippen LogP contribution in [0.4, 0.5) is 0 Å². The third-order valence-corrected chi connectivity index (χ3v) is 5.05. The maximum atomic E-state index is 12.8. The number of hydrogen-bond donors (Lipinski definition) is 2. The van der Waals surface area contributed by atoms with Crippen LogP contribution in [0.5, 0.6) is 5.75 Å². The second-order valence-corrected chi connectivity index (χ2v) is 6.87. The van der Waals surface area contributed by atoms with Crippen molar-refractivity contribution in [2.45, 2.75) is 18.8 Å². The fourth-order valence-electron chi connectivity index (χ4n) is 3.59. The number of rotatable bonds is 5. The Kier molecular flexibility index (Phi) is 5.38. The smallest absolute Gasteiger partial charge is 0.274 e. The van der Waals surface area contributed by atoms with Gasteiger partial charge in [-0.05, 0) is 18.2 Å². The topological polar surface area (TPSA) is 90.9 Å². The summed E-state index contributed by atoms with van der Waals surface area (Å²) in [6.07, 6.45) is -0.549. The lowest BCUT2D eigenvalue weighted by Crippen LogP contribution is -2.49. The summed E-state index contributed by atoms with van der Waals surface area (Å²) in [6.45, 7) is 4.04. The molecule has 0 radical (unpaired) electrons. The van der Waals surface area contributed by atoms with Gasteiger partial charge in [-0.15, -0.1) is 0 Å². The monoisotopic (exact) mass is 372 g/mol. The van der Waals surface area contributed by atoms with Crippen LogP contribution in [0.25, 0.3) is 0 Å². The number of nitrogens with one attached hydrogen (secondary N) is 1. The molecule has 8 heteroatoms. The zero-order chi connectivity index (χ0) is 18.6. The van der Waals surface area contributed by atoms with Crippen molar-refractivity contribution >= 4 is 5.91 Å². The standard InChI is InChI=1S/C19H24N4O4/c24-18-12-23(11-17(18)22-6-8-26-9-7-22)19(25)16-10-14(20-21-16)13-27-15-4-2-1-3-5-15/h1-5,10,17-18,24H,6-9,11-13H2,(H,20,21)/t17-,18-/m0/s1. The normalized spacial score (nSPS) is 23.5. The number of benzene rings is 1. The van der Waals surface area contributed by atoms with Crippen molar-refractivity contribution in [2.24, 2.45) is 0 Å². The van der Waals surface area contributed by atoms with E-state index in [9.17, 15) is 9.90 Å². The van der Waals surface area contributed by atoms with Gasteiger partial charge in [-0.2, -0.15) is 5.10 Å². The predicted octanol–water partition coefficient (Wildman–Crippen LogP) is 0.506. The van der Waals surface area contributed by atoms with Gasteiger partial charge < -0.3 is 19.5 Å². The van der Waals surface area contributed by atoms with Crippen LogP contribution in [0.15, 0.2) is 36.4 Å². The lowest BCUT2D eigenvalue weighted by molar-refractivity contribution is -0.00611. The molecule has 2 fully saturated rings. The maximum absolute atomic E-state index is 12.8. The van der Waals surface area contributed by atoms with E-state index in [4.69, 9.17) is 9.47 Å². The summed E-state index contributed by atoms with van der Waals surface area (Å²) in [5.74, 6) is 0.586. The third kappa shape index (κ3) is 4.13. The summed E-state index contributed by atoms with van der Waals surface area (Å²) in [4.78, 5) is 16.6. The Morgan fingerprint density at radius 2 is 2.04 bits per heavy atom. The van der Waals surface area contributed by atoms with Crippen LogP contribution in [0.1, 0.15) is 16.2 Å². The highest BCUT2D eigenvalue weighted by Crippen LogP contribution is 2.20. The molecule has 0 bridgehead atoms. The average Bonchev–Trinajstić information content (AvgIpc) is 3.34. The van der Waals surface area contributed by atoms with Crippen molar-refractivity contribution < 1.29 is 19.4 Å². The molecule has 1 amide bonds. The zero-order valence-corrected chi connectivity index (χ0v) is 15.1. The molecule has 4 rings (SSSR count). The molecule has 2 N–H and O–H groups in total. The zero-order valence-electron chi connectivity index (χ0n) is 15.1. The van der Waals surface area contributed by atoms with Gasteiger partial charge in [-0.3, -0.25) is 14.8 Å². The molecule has 8 nitrogen and oxygen atoms in total. The van der Waals surface area contributed by atoms with Gasteiger partial charge in [-0.25, -0.2) is 0 Å². The van der Waals surface area contributed by atoms with Gasteiger partial charge in [-0.1, -0.05) is 18.2 Å². The Morgan fingerprint density at radius 1 is 1.26 bits per heavy atom. The molecular formula is C19H24N4O4. The van der Waals surface area contributed by atoms with E-state index in [1.165, 1.54) is 0 Å². The first-order valence-corrected chi connectivity index (χ1v) is 9.22. The molecule has 27 heavy (non-hydrogen) atoms. The minimum atomic E-state index is -0.549. The van der Waals surface area contributed by atoms with E-state index in [-0.39, 0.29) is 11.9 Å². The van der Waals surface area contributed by atoms with Crippen molar-refractivity contribution in [3.63, 3.8) is 0 Å². The van der Waals surface area contributed by atoms with Crippen molar-refractivity contribution in [2.75, 3.05) is 39.4 Å². The number of carbonyl (C=O) groups excluding carboxylic acids is 1. The van der Waals surface area contributed by atoms with E-state index in [2.05, 4.69) is 15.1 Å². The molecule has 0 spiro atoms. The molecule has 2 aromatic rings. The number of amides is 1. The quantitative estimate of drug-likeness (QED) is 0.795. The van der Waals surface area contributed by atoms with Crippen LogP contribution in [-0.2, 0) is 11.3 Å².